The lowest BCUT2D eigenvalue weighted by Crippen LogP contribution is -2.39. The molecule has 0 saturated carbocycles. The number of carbonyl (C=O) groups excluding carboxylic acids is 1. The van der Waals surface area contributed by atoms with E-state index in [0.717, 1.165) is 30.6 Å². The van der Waals surface area contributed by atoms with E-state index in [2.05, 4.69) is 19.9 Å². The molecule has 1 aliphatic rings. The number of benzene rings is 1. The van der Waals surface area contributed by atoms with Gasteiger partial charge in [-0.05, 0) is 18.9 Å². The Morgan fingerprint density at radius 2 is 2.04 bits per heavy atom. The number of carbonyl (C=O) groups is 1. The molecule has 4 rings (SSSR count). The Kier molecular flexibility index (Phi) is 4.24. The molecule has 3 heterocycles. The molecule has 0 radical (unpaired) electrons. The lowest BCUT2D eigenvalue weighted by Gasteiger charge is -2.32. The van der Waals surface area contributed by atoms with Gasteiger partial charge in [-0.25, -0.2) is 15.0 Å². The second-order valence-corrected chi connectivity index (χ2v) is 6.22. The average molecular weight is 333 g/mol. The monoisotopic (exact) mass is 333 g/mol. The van der Waals surface area contributed by atoms with Gasteiger partial charge in [0.05, 0.1) is 6.33 Å². The van der Waals surface area contributed by atoms with Crippen molar-refractivity contribution in [3.05, 3.63) is 66.6 Å². The maximum absolute atomic E-state index is 13.1. The molecule has 0 spiro atoms. The standard InChI is InChI=1S/C19H19N5O/c25-19(18-17(22-13-23-18)14-5-2-1-3-6-14)24-10-4-7-15(11-24)16-8-9-20-12-21-16/h1-3,5-6,8-9,12-13,15H,4,7,10-11H2,(H,22,23)/t15-/m0/s1. The number of amides is 1. The van der Waals surface area contributed by atoms with E-state index >= 15 is 0 Å². The van der Waals surface area contributed by atoms with Crippen molar-refractivity contribution in [2.24, 2.45) is 0 Å². The minimum Gasteiger partial charge on any atom is -0.340 e. The molecule has 0 aliphatic carbocycles. The van der Waals surface area contributed by atoms with Crippen LogP contribution in [0.2, 0.25) is 0 Å². The first kappa shape index (κ1) is 15.5. The van der Waals surface area contributed by atoms with Crippen molar-refractivity contribution < 1.29 is 4.79 Å². The van der Waals surface area contributed by atoms with E-state index in [1.54, 1.807) is 18.9 Å². The van der Waals surface area contributed by atoms with Gasteiger partial charge in [0.25, 0.3) is 5.91 Å². The van der Waals surface area contributed by atoms with Crippen molar-refractivity contribution in [3.63, 3.8) is 0 Å². The highest BCUT2D eigenvalue weighted by atomic mass is 16.2. The zero-order valence-corrected chi connectivity index (χ0v) is 13.8. The van der Waals surface area contributed by atoms with Gasteiger partial charge in [0.2, 0.25) is 0 Å². The summed E-state index contributed by atoms with van der Waals surface area (Å²) in [7, 11) is 0. The molecule has 1 saturated heterocycles. The fourth-order valence-corrected chi connectivity index (χ4v) is 3.38. The van der Waals surface area contributed by atoms with Gasteiger partial charge in [-0.3, -0.25) is 4.79 Å². The molecule has 1 atom stereocenters. The van der Waals surface area contributed by atoms with E-state index in [1.165, 1.54) is 0 Å². The van der Waals surface area contributed by atoms with Gasteiger partial charge in [0, 0.05) is 36.5 Å². The second kappa shape index (κ2) is 6.84. The van der Waals surface area contributed by atoms with Crippen molar-refractivity contribution in [3.8, 4) is 11.3 Å². The molecule has 2 aromatic heterocycles. The predicted octanol–water partition coefficient (Wildman–Crippen LogP) is 2.89. The van der Waals surface area contributed by atoms with Crippen LogP contribution in [-0.2, 0) is 0 Å². The Labute approximate surface area is 146 Å². The first-order valence-electron chi connectivity index (χ1n) is 8.47. The summed E-state index contributed by atoms with van der Waals surface area (Å²) < 4.78 is 0. The molecule has 25 heavy (non-hydrogen) atoms. The number of likely N-dealkylation sites (tertiary alicyclic amines) is 1. The van der Waals surface area contributed by atoms with Crippen molar-refractivity contribution >= 4 is 5.91 Å². The van der Waals surface area contributed by atoms with E-state index in [0.29, 0.717) is 17.9 Å². The topological polar surface area (TPSA) is 74.8 Å². The van der Waals surface area contributed by atoms with Gasteiger partial charge in [-0.15, -0.1) is 0 Å². The molecule has 1 amide bonds. The Morgan fingerprint density at radius 3 is 2.84 bits per heavy atom. The first-order chi connectivity index (χ1) is 12.3. The van der Waals surface area contributed by atoms with Gasteiger partial charge in [0.1, 0.15) is 17.7 Å². The SMILES string of the molecule is O=C(c1[nH]cnc1-c1ccccc1)N1CCC[C@H](c2ccncn2)C1. The number of nitrogens with zero attached hydrogens (tertiary/aromatic N) is 4. The number of H-pyrrole nitrogens is 1. The van der Waals surface area contributed by atoms with E-state index in [1.807, 2.05) is 41.3 Å². The van der Waals surface area contributed by atoms with Gasteiger partial charge < -0.3 is 9.88 Å². The fraction of sp³-hybridized carbons (Fsp3) is 0.263. The summed E-state index contributed by atoms with van der Waals surface area (Å²) in [4.78, 5) is 30.7. The molecule has 6 nitrogen and oxygen atoms in total. The Balaban J connectivity index is 1.57. The predicted molar refractivity (Wildman–Crippen MR) is 93.9 cm³/mol. The van der Waals surface area contributed by atoms with Crippen LogP contribution in [0.15, 0.2) is 55.2 Å². The third-order valence-electron chi connectivity index (χ3n) is 4.63. The number of hydrogen-bond acceptors (Lipinski definition) is 4. The first-order valence-corrected chi connectivity index (χ1v) is 8.47. The molecule has 3 aromatic rings. The number of aromatic nitrogens is 4. The van der Waals surface area contributed by atoms with Crippen LogP contribution in [-0.4, -0.2) is 43.8 Å². The van der Waals surface area contributed by atoms with Crippen LogP contribution in [0.5, 0.6) is 0 Å². The quantitative estimate of drug-likeness (QED) is 0.800. The molecule has 1 fully saturated rings. The lowest BCUT2D eigenvalue weighted by molar-refractivity contribution is 0.0701. The average Bonchev–Trinajstić information content (AvgIpc) is 3.19. The molecule has 6 heteroatoms. The van der Waals surface area contributed by atoms with E-state index in [-0.39, 0.29) is 11.8 Å². The zero-order valence-electron chi connectivity index (χ0n) is 13.8. The van der Waals surface area contributed by atoms with Crippen LogP contribution in [0.25, 0.3) is 11.3 Å². The van der Waals surface area contributed by atoms with Crippen molar-refractivity contribution in [2.75, 3.05) is 13.1 Å². The van der Waals surface area contributed by atoms with Crippen molar-refractivity contribution in [1.29, 1.82) is 0 Å². The van der Waals surface area contributed by atoms with E-state index in [4.69, 9.17) is 0 Å². The molecule has 126 valence electrons. The molecule has 0 bridgehead atoms. The molecular formula is C19H19N5O. The molecule has 0 unspecified atom stereocenters. The number of rotatable bonds is 3. The smallest absolute Gasteiger partial charge is 0.272 e. The third kappa shape index (κ3) is 3.15. The van der Waals surface area contributed by atoms with Gasteiger partial charge in [0.15, 0.2) is 0 Å². The fourth-order valence-electron chi connectivity index (χ4n) is 3.38. The molecule has 1 N–H and O–H groups in total. The Hall–Kier alpha value is -3.02. The minimum atomic E-state index is -0.00453. The van der Waals surface area contributed by atoms with Crippen molar-refractivity contribution in [1.82, 2.24) is 24.8 Å². The van der Waals surface area contributed by atoms with Crippen LogP contribution < -0.4 is 0 Å². The minimum absolute atomic E-state index is 0.00453. The van der Waals surface area contributed by atoms with Gasteiger partial charge >= 0.3 is 0 Å². The molecule has 1 aliphatic heterocycles. The number of aromatic amines is 1. The Morgan fingerprint density at radius 1 is 1.16 bits per heavy atom. The number of piperidine rings is 1. The highest BCUT2D eigenvalue weighted by Gasteiger charge is 2.28. The molecular weight excluding hydrogens is 314 g/mol. The summed E-state index contributed by atoms with van der Waals surface area (Å²) in [6.45, 7) is 1.43. The third-order valence-corrected chi connectivity index (χ3v) is 4.63. The summed E-state index contributed by atoms with van der Waals surface area (Å²) in [5, 5.41) is 0. The summed E-state index contributed by atoms with van der Waals surface area (Å²) in [6, 6.07) is 11.7. The largest absolute Gasteiger partial charge is 0.340 e. The number of nitrogens with one attached hydrogen (secondary N) is 1. The highest BCUT2D eigenvalue weighted by molar-refractivity contribution is 5.98. The second-order valence-electron chi connectivity index (χ2n) is 6.22. The van der Waals surface area contributed by atoms with Crippen LogP contribution >= 0.6 is 0 Å². The van der Waals surface area contributed by atoms with Crippen LogP contribution in [0.1, 0.15) is 34.9 Å². The normalized spacial score (nSPS) is 17.4. The summed E-state index contributed by atoms with van der Waals surface area (Å²) in [5.41, 5.74) is 3.20. The van der Waals surface area contributed by atoms with Crippen LogP contribution in [0.4, 0.5) is 0 Å². The number of imidazole rings is 1. The lowest BCUT2D eigenvalue weighted by atomic mass is 9.94. The maximum atomic E-state index is 13.1. The summed E-state index contributed by atoms with van der Waals surface area (Å²) in [6.07, 6.45) is 6.91. The van der Waals surface area contributed by atoms with Gasteiger partial charge in [-0.1, -0.05) is 30.3 Å². The van der Waals surface area contributed by atoms with E-state index in [9.17, 15) is 4.79 Å². The highest BCUT2D eigenvalue weighted by Crippen LogP contribution is 2.27. The van der Waals surface area contributed by atoms with Crippen LogP contribution in [0.3, 0.4) is 0 Å². The molecule has 1 aromatic carbocycles. The maximum Gasteiger partial charge on any atom is 0.272 e. The van der Waals surface area contributed by atoms with Gasteiger partial charge in [-0.2, -0.15) is 0 Å². The zero-order chi connectivity index (χ0) is 17.1. The summed E-state index contributed by atoms with van der Waals surface area (Å²) in [5.74, 6) is 0.249. The Bertz CT molecular complexity index is 847. The summed E-state index contributed by atoms with van der Waals surface area (Å²) >= 11 is 0. The van der Waals surface area contributed by atoms with Crippen LogP contribution in [0, 0.1) is 0 Å². The van der Waals surface area contributed by atoms with Crippen molar-refractivity contribution in [2.45, 2.75) is 18.8 Å². The number of hydrogen-bond donors (Lipinski definition) is 1. The van der Waals surface area contributed by atoms with E-state index < -0.39 is 0 Å².